The minimum Gasteiger partial charge on any atom is -0.489 e. The summed E-state index contributed by atoms with van der Waals surface area (Å²) in [6.45, 7) is 1.81. The molecule has 0 aliphatic carbocycles. The fourth-order valence-corrected chi connectivity index (χ4v) is 3.12. The SMILES string of the molecule is c1ccc(COc2cc(C[n+]3ccccc3)cc(OCc3ccccc3)c2)cc1. The van der Waals surface area contributed by atoms with Crippen LogP contribution in [0.1, 0.15) is 16.7 Å². The first-order chi connectivity index (χ1) is 14.3. The Bertz CT molecular complexity index is 957. The van der Waals surface area contributed by atoms with Crippen LogP contribution in [0.2, 0.25) is 0 Å². The van der Waals surface area contributed by atoms with Crippen LogP contribution in [0, 0.1) is 0 Å². The number of benzene rings is 3. The number of aromatic nitrogens is 1. The average Bonchev–Trinajstić information content (AvgIpc) is 2.78. The van der Waals surface area contributed by atoms with Crippen LogP contribution >= 0.6 is 0 Å². The van der Waals surface area contributed by atoms with Crippen LogP contribution in [0.5, 0.6) is 11.5 Å². The number of pyridine rings is 1. The average molecular weight is 382 g/mol. The minimum atomic E-state index is 0.529. The predicted octanol–water partition coefficient (Wildman–Crippen LogP) is 5.18. The van der Waals surface area contributed by atoms with E-state index in [1.807, 2.05) is 60.7 Å². The molecule has 3 nitrogen and oxygen atoms in total. The molecule has 29 heavy (non-hydrogen) atoms. The largest absolute Gasteiger partial charge is 0.489 e. The molecule has 3 heteroatoms. The first kappa shape index (κ1) is 18.8. The molecule has 0 fully saturated rings. The van der Waals surface area contributed by atoms with Crippen molar-refractivity contribution in [2.24, 2.45) is 0 Å². The molecule has 0 atom stereocenters. The summed E-state index contributed by atoms with van der Waals surface area (Å²) >= 11 is 0. The number of rotatable bonds is 8. The fourth-order valence-electron chi connectivity index (χ4n) is 3.12. The maximum Gasteiger partial charge on any atom is 0.174 e. The normalized spacial score (nSPS) is 10.5. The minimum absolute atomic E-state index is 0.529. The Balaban J connectivity index is 1.52. The van der Waals surface area contributed by atoms with Crippen molar-refractivity contribution in [2.75, 3.05) is 0 Å². The van der Waals surface area contributed by atoms with E-state index in [-0.39, 0.29) is 0 Å². The Hall–Kier alpha value is -3.59. The van der Waals surface area contributed by atoms with E-state index in [2.05, 4.69) is 53.4 Å². The van der Waals surface area contributed by atoms with Gasteiger partial charge in [0, 0.05) is 23.8 Å². The summed E-state index contributed by atoms with van der Waals surface area (Å²) in [5.41, 5.74) is 3.42. The van der Waals surface area contributed by atoms with Crippen LogP contribution < -0.4 is 14.0 Å². The standard InChI is InChI=1S/C26H24NO2/c1-4-10-22(11-5-1)20-28-25-16-24(19-27-14-8-3-9-15-27)17-26(18-25)29-21-23-12-6-2-7-13-23/h1-18H,19-21H2/q+1. The molecule has 0 saturated carbocycles. The van der Waals surface area contributed by atoms with Gasteiger partial charge < -0.3 is 9.47 Å². The van der Waals surface area contributed by atoms with Gasteiger partial charge in [-0.25, -0.2) is 4.57 Å². The van der Waals surface area contributed by atoms with Gasteiger partial charge in [-0.1, -0.05) is 66.7 Å². The third kappa shape index (κ3) is 5.69. The molecule has 0 aliphatic rings. The van der Waals surface area contributed by atoms with Crippen LogP contribution in [0.3, 0.4) is 0 Å². The summed E-state index contributed by atoms with van der Waals surface area (Å²) in [6.07, 6.45) is 4.12. The third-order valence-electron chi connectivity index (χ3n) is 4.58. The van der Waals surface area contributed by atoms with E-state index < -0.39 is 0 Å². The molecular weight excluding hydrogens is 358 g/mol. The highest BCUT2D eigenvalue weighted by atomic mass is 16.5. The molecule has 0 radical (unpaired) electrons. The van der Waals surface area contributed by atoms with E-state index in [4.69, 9.17) is 9.47 Å². The fraction of sp³-hybridized carbons (Fsp3) is 0.115. The van der Waals surface area contributed by atoms with E-state index in [9.17, 15) is 0 Å². The van der Waals surface area contributed by atoms with Gasteiger partial charge in [-0.05, 0) is 23.3 Å². The van der Waals surface area contributed by atoms with Crippen molar-refractivity contribution < 1.29 is 14.0 Å². The van der Waals surface area contributed by atoms with Crippen LogP contribution in [-0.4, -0.2) is 0 Å². The number of hydrogen-bond donors (Lipinski definition) is 0. The van der Waals surface area contributed by atoms with Crippen LogP contribution in [0.4, 0.5) is 0 Å². The van der Waals surface area contributed by atoms with Gasteiger partial charge in [0.15, 0.2) is 18.9 Å². The summed E-state index contributed by atoms with van der Waals surface area (Å²) in [6, 6.07) is 32.6. The molecule has 0 amide bonds. The van der Waals surface area contributed by atoms with Crippen LogP contribution in [-0.2, 0) is 19.8 Å². The molecule has 0 saturated heterocycles. The number of nitrogens with zero attached hydrogens (tertiary/aromatic N) is 1. The van der Waals surface area contributed by atoms with Gasteiger partial charge >= 0.3 is 0 Å². The zero-order chi connectivity index (χ0) is 19.7. The van der Waals surface area contributed by atoms with E-state index in [0.717, 1.165) is 34.7 Å². The maximum atomic E-state index is 6.07. The van der Waals surface area contributed by atoms with Crippen LogP contribution in [0.25, 0.3) is 0 Å². The van der Waals surface area contributed by atoms with Gasteiger partial charge in [0.1, 0.15) is 24.7 Å². The van der Waals surface area contributed by atoms with Crippen molar-refractivity contribution >= 4 is 0 Å². The summed E-state index contributed by atoms with van der Waals surface area (Å²) < 4.78 is 14.3. The summed E-state index contributed by atoms with van der Waals surface area (Å²) in [5.74, 6) is 1.62. The second kappa shape index (κ2) is 9.56. The van der Waals surface area contributed by atoms with Gasteiger partial charge in [0.05, 0.1) is 0 Å². The zero-order valence-corrected chi connectivity index (χ0v) is 16.3. The van der Waals surface area contributed by atoms with Gasteiger partial charge in [-0.2, -0.15) is 0 Å². The molecule has 144 valence electrons. The smallest absolute Gasteiger partial charge is 0.174 e. The summed E-state index contributed by atoms with van der Waals surface area (Å²) in [5, 5.41) is 0. The van der Waals surface area contributed by atoms with Crippen LogP contribution in [0.15, 0.2) is 109 Å². The Morgan fingerprint density at radius 3 is 1.52 bits per heavy atom. The van der Waals surface area contributed by atoms with Gasteiger partial charge in [0.2, 0.25) is 0 Å². The summed E-state index contributed by atoms with van der Waals surface area (Å²) in [7, 11) is 0. The summed E-state index contributed by atoms with van der Waals surface area (Å²) in [4.78, 5) is 0. The second-order valence-corrected chi connectivity index (χ2v) is 6.91. The monoisotopic (exact) mass is 382 g/mol. The lowest BCUT2D eigenvalue weighted by Crippen LogP contribution is -2.32. The van der Waals surface area contributed by atoms with E-state index in [1.54, 1.807) is 0 Å². The highest BCUT2D eigenvalue weighted by Gasteiger charge is 2.08. The molecule has 1 aromatic heterocycles. The zero-order valence-electron chi connectivity index (χ0n) is 16.3. The molecular formula is C26H24NO2+. The molecule has 0 N–H and O–H groups in total. The van der Waals surface area contributed by atoms with Crippen molar-refractivity contribution in [3.05, 3.63) is 126 Å². The van der Waals surface area contributed by atoms with Gasteiger partial charge in [-0.15, -0.1) is 0 Å². The highest BCUT2D eigenvalue weighted by Crippen LogP contribution is 2.25. The van der Waals surface area contributed by atoms with Crippen molar-refractivity contribution in [1.82, 2.24) is 0 Å². The molecule has 0 aliphatic heterocycles. The topological polar surface area (TPSA) is 22.3 Å². The first-order valence-corrected chi connectivity index (χ1v) is 9.77. The Kier molecular flexibility index (Phi) is 6.18. The Morgan fingerprint density at radius 2 is 1.00 bits per heavy atom. The molecule has 3 aromatic carbocycles. The molecule has 0 bridgehead atoms. The molecule has 0 spiro atoms. The highest BCUT2D eigenvalue weighted by molar-refractivity contribution is 5.38. The lowest BCUT2D eigenvalue weighted by molar-refractivity contribution is -0.688. The third-order valence-corrected chi connectivity index (χ3v) is 4.58. The maximum absolute atomic E-state index is 6.07. The van der Waals surface area contributed by atoms with Crippen molar-refractivity contribution in [1.29, 1.82) is 0 Å². The number of ether oxygens (including phenoxy) is 2. The van der Waals surface area contributed by atoms with E-state index in [1.165, 1.54) is 0 Å². The first-order valence-electron chi connectivity index (χ1n) is 9.77. The molecule has 4 rings (SSSR count). The lowest BCUT2D eigenvalue weighted by atomic mass is 10.2. The van der Waals surface area contributed by atoms with Crippen molar-refractivity contribution in [3.8, 4) is 11.5 Å². The molecule has 4 aromatic rings. The quantitative estimate of drug-likeness (QED) is 0.392. The van der Waals surface area contributed by atoms with Crippen molar-refractivity contribution in [3.63, 3.8) is 0 Å². The molecule has 1 heterocycles. The Labute approximate surface area is 171 Å². The second-order valence-electron chi connectivity index (χ2n) is 6.91. The van der Waals surface area contributed by atoms with E-state index in [0.29, 0.717) is 13.2 Å². The predicted molar refractivity (Wildman–Crippen MR) is 114 cm³/mol. The van der Waals surface area contributed by atoms with Gasteiger partial charge in [-0.3, -0.25) is 0 Å². The lowest BCUT2D eigenvalue weighted by Gasteiger charge is -2.12. The van der Waals surface area contributed by atoms with Crippen molar-refractivity contribution in [2.45, 2.75) is 19.8 Å². The number of hydrogen-bond acceptors (Lipinski definition) is 2. The Morgan fingerprint density at radius 1 is 0.517 bits per heavy atom. The van der Waals surface area contributed by atoms with E-state index >= 15 is 0 Å². The molecule has 0 unspecified atom stereocenters. The van der Waals surface area contributed by atoms with Gasteiger partial charge in [0.25, 0.3) is 0 Å².